The second kappa shape index (κ2) is 8.17. The standard InChI is InChI=1S/C17H20BrNO2/c1-21-17-8-7-13(11-15(17)18)9-10-19-12-16(20)14-5-3-2-4-6-14/h2-8,11,16,19-20H,9-10,12H2,1H3/t16-/m1/s1. The van der Waals surface area contributed by atoms with Crippen molar-refractivity contribution in [2.75, 3.05) is 20.2 Å². The van der Waals surface area contributed by atoms with Gasteiger partial charge in [-0.2, -0.15) is 0 Å². The molecule has 2 N–H and O–H groups in total. The van der Waals surface area contributed by atoms with Gasteiger partial charge in [-0.1, -0.05) is 36.4 Å². The molecule has 0 aromatic heterocycles. The highest BCUT2D eigenvalue weighted by atomic mass is 79.9. The van der Waals surface area contributed by atoms with Crippen molar-refractivity contribution < 1.29 is 9.84 Å². The van der Waals surface area contributed by atoms with E-state index in [0.29, 0.717) is 6.54 Å². The predicted octanol–water partition coefficient (Wildman–Crippen LogP) is 3.32. The third-order valence-corrected chi connectivity index (χ3v) is 3.95. The molecule has 0 heterocycles. The zero-order valence-electron chi connectivity index (χ0n) is 12.1. The van der Waals surface area contributed by atoms with E-state index in [1.165, 1.54) is 5.56 Å². The summed E-state index contributed by atoms with van der Waals surface area (Å²) in [5.41, 5.74) is 2.17. The number of aliphatic hydroxyl groups is 1. The van der Waals surface area contributed by atoms with E-state index in [0.717, 1.165) is 28.8 Å². The Balaban J connectivity index is 1.76. The number of ether oxygens (including phenoxy) is 1. The largest absolute Gasteiger partial charge is 0.496 e. The summed E-state index contributed by atoms with van der Waals surface area (Å²) in [5.74, 6) is 0.839. The first-order valence-corrected chi connectivity index (χ1v) is 7.76. The molecule has 21 heavy (non-hydrogen) atoms. The Morgan fingerprint density at radius 3 is 2.62 bits per heavy atom. The molecule has 0 aliphatic carbocycles. The third-order valence-electron chi connectivity index (χ3n) is 3.33. The molecule has 2 aromatic rings. The summed E-state index contributed by atoms with van der Waals surface area (Å²) in [7, 11) is 1.66. The molecule has 2 rings (SSSR count). The fourth-order valence-corrected chi connectivity index (χ4v) is 2.72. The molecule has 112 valence electrons. The van der Waals surface area contributed by atoms with Crippen molar-refractivity contribution in [3.8, 4) is 5.75 Å². The van der Waals surface area contributed by atoms with Gasteiger partial charge in [-0.25, -0.2) is 0 Å². The molecule has 0 saturated heterocycles. The van der Waals surface area contributed by atoms with Crippen molar-refractivity contribution in [2.45, 2.75) is 12.5 Å². The van der Waals surface area contributed by atoms with Gasteiger partial charge >= 0.3 is 0 Å². The molecule has 0 aliphatic heterocycles. The molecule has 0 spiro atoms. The molecular formula is C17H20BrNO2. The van der Waals surface area contributed by atoms with Gasteiger partial charge in [0.05, 0.1) is 17.7 Å². The van der Waals surface area contributed by atoms with Crippen LogP contribution in [0.15, 0.2) is 53.0 Å². The van der Waals surface area contributed by atoms with Gasteiger partial charge in [0, 0.05) is 6.54 Å². The van der Waals surface area contributed by atoms with Crippen LogP contribution in [0, 0.1) is 0 Å². The Kier molecular flexibility index (Phi) is 6.23. The number of hydrogen-bond acceptors (Lipinski definition) is 3. The summed E-state index contributed by atoms with van der Waals surface area (Å²) in [5, 5.41) is 13.3. The molecule has 2 aromatic carbocycles. The second-order valence-electron chi connectivity index (χ2n) is 4.85. The lowest BCUT2D eigenvalue weighted by atomic mass is 10.1. The summed E-state index contributed by atoms with van der Waals surface area (Å²) in [6.45, 7) is 1.38. The maximum atomic E-state index is 10.0. The summed E-state index contributed by atoms with van der Waals surface area (Å²) in [6.07, 6.45) is 0.443. The van der Waals surface area contributed by atoms with E-state index in [1.807, 2.05) is 36.4 Å². The highest BCUT2D eigenvalue weighted by Crippen LogP contribution is 2.25. The third kappa shape index (κ3) is 4.84. The van der Waals surface area contributed by atoms with Gasteiger partial charge in [-0.3, -0.25) is 0 Å². The highest BCUT2D eigenvalue weighted by molar-refractivity contribution is 9.10. The summed E-state index contributed by atoms with van der Waals surface area (Å²) in [6, 6.07) is 15.8. The van der Waals surface area contributed by atoms with Crippen LogP contribution in [0.5, 0.6) is 5.75 Å². The van der Waals surface area contributed by atoms with Crippen LogP contribution in [0.4, 0.5) is 0 Å². The van der Waals surface area contributed by atoms with Crippen LogP contribution >= 0.6 is 15.9 Å². The number of methoxy groups -OCH3 is 1. The van der Waals surface area contributed by atoms with Gasteiger partial charge < -0.3 is 15.2 Å². The Morgan fingerprint density at radius 1 is 1.19 bits per heavy atom. The van der Waals surface area contributed by atoms with Crippen LogP contribution in [0.25, 0.3) is 0 Å². The minimum atomic E-state index is -0.464. The highest BCUT2D eigenvalue weighted by Gasteiger charge is 2.06. The van der Waals surface area contributed by atoms with Crippen LogP contribution in [0.1, 0.15) is 17.2 Å². The molecule has 0 aliphatic rings. The van der Waals surface area contributed by atoms with Gasteiger partial charge in [-0.15, -0.1) is 0 Å². The minimum Gasteiger partial charge on any atom is -0.496 e. The van der Waals surface area contributed by atoms with Crippen LogP contribution in [0.2, 0.25) is 0 Å². The summed E-state index contributed by atoms with van der Waals surface area (Å²) < 4.78 is 6.18. The number of halogens is 1. The van der Waals surface area contributed by atoms with Crippen LogP contribution in [-0.2, 0) is 6.42 Å². The Labute approximate surface area is 134 Å². The molecule has 0 bridgehead atoms. The number of hydrogen-bond donors (Lipinski definition) is 2. The quantitative estimate of drug-likeness (QED) is 0.753. The minimum absolute atomic E-state index is 0.464. The normalized spacial score (nSPS) is 12.1. The maximum absolute atomic E-state index is 10.0. The second-order valence-corrected chi connectivity index (χ2v) is 5.70. The van der Waals surface area contributed by atoms with Crippen molar-refractivity contribution in [1.82, 2.24) is 5.32 Å². The van der Waals surface area contributed by atoms with Crippen LogP contribution in [0.3, 0.4) is 0 Å². The maximum Gasteiger partial charge on any atom is 0.133 e. The number of nitrogens with one attached hydrogen (secondary N) is 1. The summed E-state index contributed by atoms with van der Waals surface area (Å²) in [4.78, 5) is 0. The molecule has 0 fully saturated rings. The first-order valence-electron chi connectivity index (χ1n) is 6.97. The average Bonchev–Trinajstić information content (AvgIpc) is 2.52. The Hall–Kier alpha value is -1.36. The first-order chi connectivity index (χ1) is 10.2. The zero-order valence-corrected chi connectivity index (χ0v) is 13.6. The Bertz CT molecular complexity index is 560. The first kappa shape index (κ1) is 16.0. The van der Waals surface area contributed by atoms with E-state index in [-0.39, 0.29) is 0 Å². The van der Waals surface area contributed by atoms with Crippen molar-refractivity contribution in [1.29, 1.82) is 0 Å². The van der Waals surface area contributed by atoms with E-state index in [4.69, 9.17) is 4.74 Å². The number of benzene rings is 2. The van der Waals surface area contributed by atoms with Gasteiger partial charge in [-0.05, 0) is 52.2 Å². The predicted molar refractivity (Wildman–Crippen MR) is 88.7 cm³/mol. The number of aliphatic hydroxyl groups excluding tert-OH is 1. The van der Waals surface area contributed by atoms with Gasteiger partial charge in [0.15, 0.2) is 0 Å². The van der Waals surface area contributed by atoms with Crippen LogP contribution in [-0.4, -0.2) is 25.3 Å². The van der Waals surface area contributed by atoms with Crippen molar-refractivity contribution >= 4 is 15.9 Å². The fraction of sp³-hybridized carbons (Fsp3) is 0.294. The molecular weight excluding hydrogens is 330 g/mol. The lowest BCUT2D eigenvalue weighted by molar-refractivity contribution is 0.175. The van der Waals surface area contributed by atoms with E-state index < -0.39 is 6.10 Å². The topological polar surface area (TPSA) is 41.5 Å². The number of rotatable bonds is 7. The van der Waals surface area contributed by atoms with E-state index in [2.05, 4.69) is 33.4 Å². The molecule has 0 amide bonds. The SMILES string of the molecule is COc1ccc(CCNC[C@@H](O)c2ccccc2)cc1Br. The van der Waals surface area contributed by atoms with Crippen molar-refractivity contribution in [2.24, 2.45) is 0 Å². The Morgan fingerprint density at radius 2 is 1.95 bits per heavy atom. The van der Waals surface area contributed by atoms with Gasteiger partial charge in [0.25, 0.3) is 0 Å². The summed E-state index contributed by atoms with van der Waals surface area (Å²) >= 11 is 3.48. The fourth-order valence-electron chi connectivity index (χ4n) is 2.13. The molecule has 4 heteroatoms. The molecule has 0 saturated carbocycles. The van der Waals surface area contributed by atoms with E-state index in [9.17, 15) is 5.11 Å². The molecule has 0 unspecified atom stereocenters. The van der Waals surface area contributed by atoms with Crippen molar-refractivity contribution in [3.63, 3.8) is 0 Å². The van der Waals surface area contributed by atoms with Gasteiger partial charge in [0.1, 0.15) is 5.75 Å². The van der Waals surface area contributed by atoms with E-state index >= 15 is 0 Å². The monoisotopic (exact) mass is 349 g/mol. The lowest BCUT2D eigenvalue weighted by Crippen LogP contribution is -2.23. The lowest BCUT2D eigenvalue weighted by Gasteiger charge is -2.12. The molecule has 0 radical (unpaired) electrons. The van der Waals surface area contributed by atoms with Gasteiger partial charge in [0.2, 0.25) is 0 Å². The van der Waals surface area contributed by atoms with Crippen molar-refractivity contribution in [3.05, 3.63) is 64.1 Å². The smallest absolute Gasteiger partial charge is 0.133 e. The molecule has 1 atom stereocenters. The zero-order chi connectivity index (χ0) is 15.1. The molecule has 3 nitrogen and oxygen atoms in total. The van der Waals surface area contributed by atoms with E-state index in [1.54, 1.807) is 7.11 Å². The van der Waals surface area contributed by atoms with Crippen LogP contribution < -0.4 is 10.1 Å². The average molecular weight is 350 g/mol.